The van der Waals surface area contributed by atoms with Gasteiger partial charge < -0.3 is 14.7 Å². The summed E-state index contributed by atoms with van der Waals surface area (Å²) < 4.78 is 18.4. The average Bonchev–Trinajstić information content (AvgIpc) is 3.38. The third-order valence-electron chi connectivity index (χ3n) is 4.02. The fraction of sp³-hybridized carbons (Fsp3) is 0.471. The van der Waals surface area contributed by atoms with Crippen LogP contribution in [0.2, 0.25) is 0 Å². The lowest BCUT2D eigenvalue weighted by molar-refractivity contribution is -0.133. The number of carbonyl (C=O) groups excluding carboxylic acids is 1. The maximum Gasteiger partial charge on any atom is 0.288 e. The molecular weight excluding hydrogens is 285 g/mol. The molecule has 1 aliphatic heterocycles. The van der Waals surface area contributed by atoms with Crippen LogP contribution in [0.1, 0.15) is 37.4 Å². The molecule has 0 saturated heterocycles. The van der Waals surface area contributed by atoms with Crippen molar-refractivity contribution in [1.82, 2.24) is 4.90 Å². The number of allylic oxidation sites excluding steroid dienone is 1. The summed E-state index contributed by atoms with van der Waals surface area (Å²) in [6.07, 6.45) is 4.68. The second-order valence-corrected chi connectivity index (χ2v) is 5.82. The van der Waals surface area contributed by atoms with E-state index in [4.69, 9.17) is 4.74 Å². The highest BCUT2D eigenvalue weighted by atomic mass is 19.1. The Morgan fingerprint density at radius 3 is 2.68 bits per heavy atom. The molecule has 1 heterocycles. The number of carbonyl (C=O) groups is 1. The highest BCUT2D eigenvalue weighted by Gasteiger charge is 2.36. The molecule has 1 aromatic carbocycles. The minimum Gasteiger partial charge on any atom is -0.488 e. The lowest BCUT2D eigenvalue weighted by Crippen LogP contribution is -2.38. The highest BCUT2D eigenvalue weighted by Crippen LogP contribution is 2.31. The molecule has 1 amide bonds. The zero-order valence-corrected chi connectivity index (χ0v) is 12.4. The van der Waals surface area contributed by atoms with E-state index in [9.17, 15) is 14.3 Å². The van der Waals surface area contributed by atoms with Crippen LogP contribution in [0.3, 0.4) is 0 Å². The van der Waals surface area contributed by atoms with Gasteiger partial charge in [-0.3, -0.25) is 4.79 Å². The Morgan fingerprint density at radius 1 is 1.36 bits per heavy atom. The maximum absolute atomic E-state index is 13.0. The Hall–Kier alpha value is -1.88. The summed E-state index contributed by atoms with van der Waals surface area (Å²) in [5.74, 6) is -0.0975. The lowest BCUT2D eigenvalue weighted by Gasteiger charge is -2.27. The number of rotatable bonds is 5. The van der Waals surface area contributed by atoms with Gasteiger partial charge in [-0.05, 0) is 49.5 Å². The average molecular weight is 305 g/mol. The molecule has 1 N–H and O–H groups in total. The van der Waals surface area contributed by atoms with Gasteiger partial charge >= 0.3 is 0 Å². The van der Waals surface area contributed by atoms with Crippen LogP contribution in [0.4, 0.5) is 4.39 Å². The normalized spacial score (nSPS) is 19.1. The zero-order valence-electron chi connectivity index (χ0n) is 12.4. The van der Waals surface area contributed by atoms with Crippen LogP contribution >= 0.6 is 0 Å². The summed E-state index contributed by atoms with van der Waals surface area (Å²) >= 11 is 0. The van der Waals surface area contributed by atoms with E-state index in [1.54, 1.807) is 17.0 Å². The van der Waals surface area contributed by atoms with Gasteiger partial charge in [-0.1, -0.05) is 12.1 Å². The van der Waals surface area contributed by atoms with Crippen molar-refractivity contribution in [2.45, 2.75) is 37.8 Å². The van der Waals surface area contributed by atoms with Crippen LogP contribution < -0.4 is 0 Å². The molecule has 22 heavy (non-hydrogen) atoms. The third-order valence-corrected chi connectivity index (χ3v) is 4.02. The molecule has 1 atom stereocenters. The van der Waals surface area contributed by atoms with E-state index in [1.807, 2.05) is 6.08 Å². The second-order valence-electron chi connectivity index (χ2n) is 5.82. The minimum atomic E-state index is -0.825. The van der Waals surface area contributed by atoms with Gasteiger partial charge in [-0.15, -0.1) is 0 Å². The number of amides is 1. The molecule has 4 nitrogen and oxygen atoms in total. The molecule has 3 rings (SSSR count). The van der Waals surface area contributed by atoms with E-state index >= 15 is 0 Å². The Balaban J connectivity index is 1.70. The number of nitrogens with zero attached hydrogens (tertiary/aromatic N) is 1. The number of hydrogen-bond donors (Lipinski definition) is 1. The van der Waals surface area contributed by atoms with E-state index in [2.05, 4.69) is 0 Å². The predicted molar refractivity (Wildman–Crippen MR) is 79.4 cm³/mol. The van der Waals surface area contributed by atoms with Gasteiger partial charge in [0.05, 0.1) is 19.3 Å². The maximum atomic E-state index is 13.0. The smallest absolute Gasteiger partial charge is 0.288 e. The van der Waals surface area contributed by atoms with Gasteiger partial charge in [-0.25, -0.2) is 4.39 Å². The standard InChI is InChI=1S/C17H20FNO3/c18-13-6-4-12(5-7-13)15(20)11-19(14-8-9-14)17(21)16-3-1-2-10-22-16/h3-7,14-15,20H,1-2,8-11H2. The van der Waals surface area contributed by atoms with Crippen LogP contribution in [0.15, 0.2) is 36.1 Å². The number of benzene rings is 1. The van der Waals surface area contributed by atoms with Gasteiger partial charge in [0.1, 0.15) is 5.82 Å². The van der Waals surface area contributed by atoms with E-state index < -0.39 is 6.10 Å². The molecule has 118 valence electrons. The van der Waals surface area contributed by atoms with Gasteiger partial charge in [0.2, 0.25) is 0 Å². The first-order chi connectivity index (χ1) is 10.6. The molecule has 1 fully saturated rings. The van der Waals surface area contributed by atoms with Crippen LogP contribution in [0.5, 0.6) is 0 Å². The quantitative estimate of drug-likeness (QED) is 0.909. The molecule has 1 aliphatic carbocycles. The van der Waals surface area contributed by atoms with Crippen molar-refractivity contribution in [1.29, 1.82) is 0 Å². The number of aliphatic hydroxyl groups excluding tert-OH is 1. The molecule has 2 aliphatic rings. The monoisotopic (exact) mass is 305 g/mol. The Morgan fingerprint density at radius 2 is 2.09 bits per heavy atom. The van der Waals surface area contributed by atoms with Crippen molar-refractivity contribution in [3.05, 3.63) is 47.5 Å². The van der Waals surface area contributed by atoms with Crippen LogP contribution in [-0.2, 0) is 9.53 Å². The van der Waals surface area contributed by atoms with Crippen LogP contribution in [0.25, 0.3) is 0 Å². The largest absolute Gasteiger partial charge is 0.488 e. The summed E-state index contributed by atoms with van der Waals surface area (Å²) in [7, 11) is 0. The molecular formula is C17H20FNO3. The summed E-state index contributed by atoms with van der Waals surface area (Å²) in [6, 6.07) is 5.90. The van der Waals surface area contributed by atoms with Crippen molar-refractivity contribution >= 4 is 5.91 Å². The Kier molecular flexibility index (Phi) is 4.43. The first-order valence-electron chi connectivity index (χ1n) is 7.72. The number of ether oxygens (including phenoxy) is 1. The summed E-state index contributed by atoms with van der Waals surface area (Å²) in [4.78, 5) is 14.2. The number of halogens is 1. The first kappa shape index (κ1) is 15.0. The zero-order chi connectivity index (χ0) is 15.5. The van der Waals surface area contributed by atoms with E-state index in [0.29, 0.717) is 17.9 Å². The molecule has 0 aromatic heterocycles. The van der Waals surface area contributed by atoms with Gasteiger partial charge in [0.25, 0.3) is 5.91 Å². The minimum absolute atomic E-state index is 0.150. The fourth-order valence-electron chi connectivity index (χ4n) is 2.61. The predicted octanol–water partition coefficient (Wildman–Crippen LogP) is 2.54. The fourth-order valence-corrected chi connectivity index (χ4v) is 2.61. The van der Waals surface area contributed by atoms with E-state index in [-0.39, 0.29) is 24.3 Å². The number of aliphatic hydroxyl groups is 1. The third kappa shape index (κ3) is 3.47. The summed E-state index contributed by atoms with van der Waals surface area (Å²) in [5.41, 5.74) is 0.610. The molecule has 0 spiro atoms. The van der Waals surface area contributed by atoms with Crippen LogP contribution in [0, 0.1) is 5.82 Å². The molecule has 0 radical (unpaired) electrons. The Labute approximate surface area is 129 Å². The van der Waals surface area contributed by atoms with Crippen molar-refractivity contribution < 1.29 is 19.0 Å². The molecule has 5 heteroatoms. The lowest BCUT2D eigenvalue weighted by atomic mass is 10.1. The van der Waals surface area contributed by atoms with Gasteiger partial charge in [-0.2, -0.15) is 0 Å². The van der Waals surface area contributed by atoms with E-state index in [0.717, 1.165) is 25.7 Å². The van der Waals surface area contributed by atoms with Crippen molar-refractivity contribution in [2.75, 3.05) is 13.2 Å². The number of hydrogen-bond acceptors (Lipinski definition) is 3. The van der Waals surface area contributed by atoms with Gasteiger partial charge in [0, 0.05) is 6.04 Å². The van der Waals surface area contributed by atoms with Gasteiger partial charge in [0.15, 0.2) is 5.76 Å². The second kappa shape index (κ2) is 6.48. The van der Waals surface area contributed by atoms with Crippen molar-refractivity contribution in [3.63, 3.8) is 0 Å². The SMILES string of the molecule is O=C(C1=CCCCO1)N(CC(O)c1ccc(F)cc1)C1CC1. The van der Waals surface area contributed by atoms with Crippen molar-refractivity contribution in [3.8, 4) is 0 Å². The van der Waals surface area contributed by atoms with Crippen LogP contribution in [-0.4, -0.2) is 35.1 Å². The molecule has 0 bridgehead atoms. The van der Waals surface area contributed by atoms with Crippen molar-refractivity contribution in [2.24, 2.45) is 0 Å². The molecule has 1 saturated carbocycles. The molecule has 1 unspecified atom stereocenters. The highest BCUT2D eigenvalue weighted by molar-refractivity contribution is 5.92. The topological polar surface area (TPSA) is 49.8 Å². The summed E-state index contributed by atoms with van der Waals surface area (Å²) in [6.45, 7) is 0.770. The molecule has 1 aromatic rings. The first-order valence-corrected chi connectivity index (χ1v) is 7.72. The van der Waals surface area contributed by atoms with E-state index in [1.165, 1.54) is 12.1 Å². The Bertz CT molecular complexity index is 566. The summed E-state index contributed by atoms with van der Waals surface area (Å²) in [5, 5.41) is 10.3.